The molecule has 0 bridgehead atoms. The lowest BCUT2D eigenvalue weighted by molar-refractivity contribution is -0.125. The Balaban J connectivity index is 3.09. The van der Waals surface area contributed by atoms with Gasteiger partial charge in [0, 0.05) is 18.5 Å². The molecule has 0 aliphatic rings. The van der Waals surface area contributed by atoms with Crippen molar-refractivity contribution < 1.29 is 9.53 Å². The molecule has 0 aromatic rings. The largest absolute Gasteiger partial charge is 0.372 e. The minimum absolute atomic E-state index is 0.0544. The summed E-state index contributed by atoms with van der Waals surface area (Å²) in [5, 5.41) is 3.44. The summed E-state index contributed by atoms with van der Waals surface area (Å²) in [6.07, 6.45) is 0. The maximum absolute atomic E-state index is 10.7. The molecule has 3 nitrogen and oxygen atoms in total. The predicted octanol–water partition coefficient (Wildman–Crippen LogP) is 0.534. The van der Waals surface area contributed by atoms with Gasteiger partial charge in [-0.1, -0.05) is 15.9 Å². The number of hydrogen-bond acceptors (Lipinski definition) is 2. The fourth-order valence-corrected chi connectivity index (χ4v) is 0.631. The second kappa shape index (κ2) is 7.02. The van der Waals surface area contributed by atoms with E-state index in [1.807, 2.05) is 6.92 Å². The minimum atomic E-state index is -0.0544. The highest BCUT2D eigenvalue weighted by molar-refractivity contribution is 9.09. The van der Waals surface area contributed by atoms with Crippen molar-refractivity contribution in [2.75, 3.05) is 25.1 Å². The Morgan fingerprint density at radius 3 is 2.90 bits per heavy atom. The lowest BCUT2D eigenvalue weighted by atomic mass is 10.6. The van der Waals surface area contributed by atoms with E-state index in [1.165, 1.54) is 0 Å². The van der Waals surface area contributed by atoms with Crippen molar-refractivity contribution in [3.05, 3.63) is 0 Å². The molecule has 1 amide bonds. The number of alkyl halides is 1. The van der Waals surface area contributed by atoms with E-state index < -0.39 is 0 Å². The Hall–Kier alpha value is -0.0900. The lowest BCUT2D eigenvalue weighted by Crippen LogP contribution is -2.29. The van der Waals surface area contributed by atoms with Crippen LogP contribution in [0.1, 0.15) is 6.92 Å². The fourth-order valence-electron chi connectivity index (χ4n) is 0.432. The first-order valence-corrected chi connectivity index (χ1v) is 4.33. The third kappa shape index (κ3) is 6.04. The maximum Gasteiger partial charge on any atom is 0.246 e. The molecule has 0 aliphatic heterocycles. The van der Waals surface area contributed by atoms with Crippen LogP contribution in [0.2, 0.25) is 0 Å². The SMILES string of the molecule is CCOCC(=O)NCCBr. The van der Waals surface area contributed by atoms with E-state index in [1.54, 1.807) is 0 Å². The van der Waals surface area contributed by atoms with Gasteiger partial charge in [0.2, 0.25) is 5.91 Å². The van der Waals surface area contributed by atoms with Gasteiger partial charge in [0.15, 0.2) is 0 Å². The zero-order valence-electron chi connectivity index (χ0n) is 6.02. The van der Waals surface area contributed by atoms with Crippen molar-refractivity contribution in [1.29, 1.82) is 0 Å². The molecule has 1 N–H and O–H groups in total. The van der Waals surface area contributed by atoms with E-state index in [4.69, 9.17) is 4.74 Å². The summed E-state index contributed by atoms with van der Waals surface area (Å²) in [5.41, 5.74) is 0. The van der Waals surface area contributed by atoms with E-state index in [0.717, 1.165) is 5.33 Å². The molecule has 0 radical (unpaired) electrons. The van der Waals surface area contributed by atoms with Gasteiger partial charge in [0.25, 0.3) is 0 Å². The molecule has 10 heavy (non-hydrogen) atoms. The molecule has 0 unspecified atom stereocenters. The highest BCUT2D eigenvalue weighted by Crippen LogP contribution is 1.76. The highest BCUT2D eigenvalue weighted by atomic mass is 79.9. The summed E-state index contributed by atoms with van der Waals surface area (Å²) in [6, 6.07) is 0. The third-order valence-corrected chi connectivity index (χ3v) is 1.25. The van der Waals surface area contributed by atoms with E-state index in [-0.39, 0.29) is 12.5 Å². The highest BCUT2D eigenvalue weighted by Gasteiger charge is 1.96. The number of amides is 1. The van der Waals surface area contributed by atoms with Crippen LogP contribution >= 0.6 is 15.9 Å². The summed E-state index contributed by atoms with van der Waals surface area (Å²) < 4.78 is 4.86. The summed E-state index contributed by atoms with van der Waals surface area (Å²) in [7, 11) is 0. The first-order chi connectivity index (χ1) is 4.81. The second-order valence-electron chi connectivity index (χ2n) is 1.68. The predicted molar refractivity (Wildman–Crippen MR) is 43.3 cm³/mol. The van der Waals surface area contributed by atoms with Crippen molar-refractivity contribution in [2.24, 2.45) is 0 Å². The van der Waals surface area contributed by atoms with Crippen molar-refractivity contribution >= 4 is 21.8 Å². The first-order valence-electron chi connectivity index (χ1n) is 3.21. The summed E-state index contributed by atoms with van der Waals surface area (Å²) in [5.74, 6) is -0.0544. The number of hydrogen-bond donors (Lipinski definition) is 1. The number of nitrogens with one attached hydrogen (secondary N) is 1. The van der Waals surface area contributed by atoms with Gasteiger partial charge in [-0.05, 0) is 6.92 Å². The van der Waals surface area contributed by atoms with Crippen molar-refractivity contribution in [3.8, 4) is 0 Å². The van der Waals surface area contributed by atoms with Crippen LogP contribution in [0.4, 0.5) is 0 Å². The van der Waals surface area contributed by atoms with Gasteiger partial charge < -0.3 is 10.1 Å². The standard InChI is InChI=1S/C6H12BrNO2/c1-2-10-5-6(9)8-4-3-7/h2-5H2,1H3,(H,8,9). The second-order valence-corrected chi connectivity index (χ2v) is 2.47. The zero-order chi connectivity index (χ0) is 7.82. The van der Waals surface area contributed by atoms with Gasteiger partial charge in [-0.2, -0.15) is 0 Å². The molecule has 4 heteroatoms. The fraction of sp³-hybridized carbons (Fsp3) is 0.833. The molecule has 60 valence electrons. The van der Waals surface area contributed by atoms with Crippen molar-refractivity contribution in [2.45, 2.75) is 6.92 Å². The van der Waals surface area contributed by atoms with Gasteiger partial charge in [0.05, 0.1) is 0 Å². The summed E-state index contributed by atoms with van der Waals surface area (Å²) in [4.78, 5) is 10.7. The van der Waals surface area contributed by atoms with Gasteiger partial charge in [0.1, 0.15) is 6.61 Å². The Kier molecular flexibility index (Phi) is 6.96. The van der Waals surface area contributed by atoms with Crippen molar-refractivity contribution in [1.82, 2.24) is 5.32 Å². The van der Waals surface area contributed by atoms with Crippen LogP contribution in [0.3, 0.4) is 0 Å². The Morgan fingerprint density at radius 2 is 2.40 bits per heavy atom. The smallest absolute Gasteiger partial charge is 0.246 e. The molecule has 0 fully saturated rings. The molecule has 0 heterocycles. The van der Waals surface area contributed by atoms with Gasteiger partial charge in [-0.15, -0.1) is 0 Å². The van der Waals surface area contributed by atoms with Gasteiger partial charge in [-0.3, -0.25) is 4.79 Å². The molecule has 0 saturated carbocycles. The molecule has 0 atom stereocenters. The quantitative estimate of drug-likeness (QED) is 0.672. The zero-order valence-corrected chi connectivity index (χ0v) is 7.61. The first kappa shape index (κ1) is 9.91. The van der Waals surface area contributed by atoms with E-state index in [2.05, 4.69) is 21.2 Å². The molecule has 0 saturated heterocycles. The molecule has 0 aromatic heterocycles. The lowest BCUT2D eigenvalue weighted by Gasteiger charge is -2.01. The van der Waals surface area contributed by atoms with Crippen LogP contribution in [-0.4, -0.2) is 31.0 Å². The normalized spacial score (nSPS) is 9.40. The molecule has 0 aliphatic carbocycles. The van der Waals surface area contributed by atoms with Crippen LogP contribution in [-0.2, 0) is 9.53 Å². The maximum atomic E-state index is 10.7. The number of carbonyl (C=O) groups excluding carboxylic acids is 1. The molecule has 0 spiro atoms. The Bertz CT molecular complexity index is 87.7. The third-order valence-electron chi connectivity index (χ3n) is 0.854. The number of ether oxygens (including phenoxy) is 1. The van der Waals surface area contributed by atoms with Crippen LogP contribution in [0.25, 0.3) is 0 Å². The number of rotatable bonds is 5. The minimum Gasteiger partial charge on any atom is -0.372 e. The molecule has 0 aromatic carbocycles. The molecular formula is C6H12BrNO2. The van der Waals surface area contributed by atoms with Gasteiger partial charge in [-0.25, -0.2) is 0 Å². The summed E-state index contributed by atoms with van der Waals surface area (Å²) >= 11 is 3.19. The molecule has 0 rings (SSSR count). The average Bonchev–Trinajstić information content (AvgIpc) is 1.97. The monoisotopic (exact) mass is 209 g/mol. The Morgan fingerprint density at radius 1 is 1.70 bits per heavy atom. The summed E-state index contributed by atoms with van der Waals surface area (Å²) in [6.45, 7) is 3.27. The van der Waals surface area contributed by atoms with Crippen LogP contribution in [0.15, 0.2) is 0 Å². The Labute approximate surface area is 69.3 Å². The van der Waals surface area contributed by atoms with Gasteiger partial charge >= 0.3 is 0 Å². The van der Waals surface area contributed by atoms with Crippen LogP contribution in [0, 0.1) is 0 Å². The molecular weight excluding hydrogens is 198 g/mol. The average molecular weight is 210 g/mol. The van der Waals surface area contributed by atoms with Crippen LogP contribution in [0.5, 0.6) is 0 Å². The van der Waals surface area contributed by atoms with Crippen LogP contribution < -0.4 is 5.32 Å². The number of halogens is 1. The van der Waals surface area contributed by atoms with E-state index in [0.29, 0.717) is 13.2 Å². The van der Waals surface area contributed by atoms with E-state index >= 15 is 0 Å². The van der Waals surface area contributed by atoms with E-state index in [9.17, 15) is 4.79 Å². The number of carbonyl (C=O) groups is 1. The topological polar surface area (TPSA) is 38.3 Å². The van der Waals surface area contributed by atoms with Crippen molar-refractivity contribution in [3.63, 3.8) is 0 Å².